The van der Waals surface area contributed by atoms with Gasteiger partial charge in [-0.25, -0.2) is 9.97 Å². The third-order valence-corrected chi connectivity index (χ3v) is 6.88. The zero-order chi connectivity index (χ0) is 25.4. The van der Waals surface area contributed by atoms with Gasteiger partial charge in [0.1, 0.15) is 11.6 Å². The number of benzene rings is 1. The van der Waals surface area contributed by atoms with Crippen LogP contribution in [0, 0.1) is 19.3 Å². The van der Waals surface area contributed by atoms with E-state index >= 15 is 0 Å². The molecule has 1 saturated heterocycles. The first-order valence-electron chi connectivity index (χ1n) is 12.5. The molecule has 1 aliphatic heterocycles. The van der Waals surface area contributed by atoms with Crippen LogP contribution in [0.25, 0.3) is 0 Å². The lowest BCUT2D eigenvalue weighted by Gasteiger charge is -2.29. The molecule has 3 rings (SSSR count). The Morgan fingerprint density at radius 3 is 2.57 bits per heavy atom. The summed E-state index contributed by atoms with van der Waals surface area (Å²) in [5.41, 5.74) is 2.87. The minimum absolute atomic E-state index is 0.119. The predicted octanol–water partition coefficient (Wildman–Crippen LogP) is 3.05. The molecule has 1 aromatic carbocycles. The van der Waals surface area contributed by atoms with Crippen LogP contribution in [0.15, 0.2) is 30.3 Å². The van der Waals surface area contributed by atoms with Gasteiger partial charge < -0.3 is 20.4 Å². The Balaban J connectivity index is 1.65. The standard InChI is InChI=1S/C27H40N6OS/c1-6-33-13-11-27(19-33,26(34)28-12-14-32(4)5)18-29-24-15-21(3)30-25(31-24)17-23(35)16-22-9-7-20(2)8-10-22/h7-10,15H,6,11-14,16-19H2,1-5H3,(H,28,34)(H,29,30,31). The van der Waals surface area contributed by atoms with Crippen LogP contribution in [-0.4, -0.2) is 83.9 Å². The number of likely N-dealkylation sites (tertiary alicyclic amines) is 1. The van der Waals surface area contributed by atoms with Crippen molar-refractivity contribution in [3.8, 4) is 0 Å². The molecule has 0 radical (unpaired) electrons. The van der Waals surface area contributed by atoms with Crippen LogP contribution in [0.5, 0.6) is 0 Å². The highest BCUT2D eigenvalue weighted by molar-refractivity contribution is 7.80. The minimum Gasteiger partial charge on any atom is -0.369 e. The molecular weight excluding hydrogens is 456 g/mol. The number of anilines is 1. The smallest absolute Gasteiger partial charge is 0.229 e. The largest absolute Gasteiger partial charge is 0.369 e. The molecule has 8 heteroatoms. The molecule has 1 aromatic heterocycles. The molecular formula is C27H40N6OS. The number of likely N-dealkylation sites (N-methyl/N-ethyl adjacent to an activating group) is 1. The molecule has 35 heavy (non-hydrogen) atoms. The van der Waals surface area contributed by atoms with E-state index in [1.165, 1.54) is 11.1 Å². The van der Waals surface area contributed by atoms with E-state index in [2.05, 4.69) is 63.5 Å². The van der Waals surface area contributed by atoms with Crippen LogP contribution in [-0.2, 0) is 17.6 Å². The fourth-order valence-electron chi connectivity index (χ4n) is 4.45. The van der Waals surface area contributed by atoms with E-state index in [9.17, 15) is 4.79 Å². The molecule has 1 atom stereocenters. The van der Waals surface area contributed by atoms with E-state index in [0.29, 0.717) is 19.5 Å². The molecule has 2 N–H and O–H groups in total. The SMILES string of the molecule is CCN1CCC(CNc2cc(C)nc(CC(=S)Cc3ccc(C)cc3)n2)(C(=O)NCCN(C)C)C1. The number of amides is 1. The van der Waals surface area contributed by atoms with Gasteiger partial charge in [-0.05, 0) is 53.0 Å². The van der Waals surface area contributed by atoms with Crippen molar-refractivity contribution in [3.05, 3.63) is 53.0 Å². The van der Waals surface area contributed by atoms with Gasteiger partial charge >= 0.3 is 0 Å². The third kappa shape index (κ3) is 8.05. The Morgan fingerprint density at radius 2 is 1.91 bits per heavy atom. The first-order chi connectivity index (χ1) is 16.7. The van der Waals surface area contributed by atoms with Gasteiger partial charge in [-0.15, -0.1) is 0 Å². The Morgan fingerprint density at radius 1 is 1.17 bits per heavy atom. The Kier molecular flexibility index (Phi) is 9.71. The zero-order valence-electron chi connectivity index (χ0n) is 21.9. The molecule has 1 amide bonds. The molecule has 190 valence electrons. The molecule has 0 spiro atoms. The summed E-state index contributed by atoms with van der Waals surface area (Å²) in [6.07, 6.45) is 2.12. The van der Waals surface area contributed by atoms with E-state index in [1.807, 2.05) is 27.1 Å². The quantitative estimate of drug-likeness (QED) is 0.438. The topological polar surface area (TPSA) is 73.4 Å². The molecule has 0 aliphatic carbocycles. The summed E-state index contributed by atoms with van der Waals surface area (Å²) in [4.78, 5) is 27.9. The first kappa shape index (κ1) is 27.2. The Bertz CT molecular complexity index is 1010. The van der Waals surface area contributed by atoms with Crippen LogP contribution < -0.4 is 10.6 Å². The van der Waals surface area contributed by atoms with Gasteiger partial charge in [-0.1, -0.05) is 49.0 Å². The maximum atomic E-state index is 13.3. The molecule has 0 bridgehead atoms. The van der Waals surface area contributed by atoms with Crippen LogP contribution >= 0.6 is 12.2 Å². The van der Waals surface area contributed by atoms with E-state index in [-0.39, 0.29) is 5.91 Å². The third-order valence-electron chi connectivity index (χ3n) is 6.59. The van der Waals surface area contributed by atoms with Crippen LogP contribution in [0.3, 0.4) is 0 Å². The number of carbonyl (C=O) groups is 1. The van der Waals surface area contributed by atoms with Gasteiger partial charge in [-0.3, -0.25) is 4.79 Å². The predicted molar refractivity (Wildman–Crippen MR) is 147 cm³/mol. The van der Waals surface area contributed by atoms with E-state index in [4.69, 9.17) is 17.2 Å². The van der Waals surface area contributed by atoms with Crippen molar-refractivity contribution in [2.45, 2.75) is 40.0 Å². The highest BCUT2D eigenvalue weighted by atomic mass is 32.1. The van der Waals surface area contributed by atoms with E-state index in [1.54, 1.807) is 0 Å². The summed E-state index contributed by atoms with van der Waals surface area (Å²) >= 11 is 5.66. The highest BCUT2D eigenvalue weighted by Crippen LogP contribution is 2.31. The first-order valence-corrected chi connectivity index (χ1v) is 12.9. The Hall–Kier alpha value is -2.42. The molecule has 1 fully saturated rings. The second kappa shape index (κ2) is 12.5. The Labute approximate surface area is 215 Å². The van der Waals surface area contributed by atoms with Crippen molar-refractivity contribution in [1.82, 2.24) is 25.1 Å². The van der Waals surface area contributed by atoms with Gasteiger partial charge in [0.25, 0.3) is 0 Å². The summed E-state index contributed by atoms with van der Waals surface area (Å²) in [6, 6.07) is 10.4. The minimum atomic E-state index is -0.470. The van der Waals surface area contributed by atoms with Crippen LogP contribution in [0.4, 0.5) is 5.82 Å². The van der Waals surface area contributed by atoms with Crippen LogP contribution in [0.2, 0.25) is 0 Å². The van der Waals surface area contributed by atoms with Crippen molar-refractivity contribution in [3.63, 3.8) is 0 Å². The normalized spacial score (nSPS) is 18.1. The molecule has 1 aliphatic rings. The molecule has 1 unspecified atom stereocenters. The van der Waals surface area contributed by atoms with Gasteiger partial charge in [0.2, 0.25) is 5.91 Å². The van der Waals surface area contributed by atoms with Crippen molar-refractivity contribution in [2.24, 2.45) is 5.41 Å². The monoisotopic (exact) mass is 496 g/mol. The second-order valence-electron chi connectivity index (χ2n) is 10.0. The lowest BCUT2D eigenvalue weighted by molar-refractivity contribution is -0.129. The fraction of sp³-hybridized carbons (Fsp3) is 0.556. The van der Waals surface area contributed by atoms with Gasteiger partial charge in [0.15, 0.2) is 0 Å². The van der Waals surface area contributed by atoms with Gasteiger partial charge in [0.05, 0.1) is 5.41 Å². The van der Waals surface area contributed by atoms with E-state index < -0.39 is 5.41 Å². The highest BCUT2D eigenvalue weighted by Gasteiger charge is 2.44. The lowest BCUT2D eigenvalue weighted by Crippen LogP contribution is -2.48. The van der Waals surface area contributed by atoms with Gasteiger partial charge in [0, 0.05) is 55.6 Å². The maximum Gasteiger partial charge on any atom is 0.229 e. The van der Waals surface area contributed by atoms with E-state index in [0.717, 1.165) is 61.2 Å². The van der Waals surface area contributed by atoms with Crippen molar-refractivity contribution in [2.75, 3.05) is 58.7 Å². The molecule has 2 aromatic rings. The maximum absolute atomic E-state index is 13.3. The summed E-state index contributed by atoms with van der Waals surface area (Å²) in [7, 11) is 4.03. The number of nitrogens with zero attached hydrogens (tertiary/aromatic N) is 4. The molecule has 0 saturated carbocycles. The average molecular weight is 497 g/mol. The van der Waals surface area contributed by atoms with Gasteiger partial charge in [-0.2, -0.15) is 0 Å². The number of nitrogens with one attached hydrogen (secondary N) is 2. The zero-order valence-corrected chi connectivity index (χ0v) is 22.7. The number of thiocarbonyl (C=S) groups is 1. The number of aryl methyl sites for hydroxylation is 2. The lowest BCUT2D eigenvalue weighted by atomic mass is 9.85. The number of aromatic nitrogens is 2. The summed E-state index contributed by atoms with van der Waals surface area (Å²) in [5, 5.41) is 6.63. The summed E-state index contributed by atoms with van der Waals surface area (Å²) < 4.78 is 0. The number of carbonyl (C=O) groups excluding carboxylic acids is 1. The number of hydrogen-bond donors (Lipinski definition) is 2. The van der Waals surface area contributed by atoms with Crippen molar-refractivity contribution >= 4 is 28.8 Å². The molecule has 2 heterocycles. The summed E-state index contributed by atoms with van der Waals surface area (Å²) in [5.74, 6) is 1.59. The average Bonchev–Trinajstić information content (AvgIpc) is 3.23. The molecule has 7 nitrogen and oxygen atoms in total. The fourth-order valence-corrected chi connectivity index (χ4v) is 4.75. The van der Waals surface area contributed by atoms with Crippen molar-refractivity contribution < 1.29 is 4.79 Å². The number of hydrogen-bond acceptors (Lipinski definition) is 7. The summed E-state index contributed by atoms with van der Waals surface area (Å²) in [6.45, 7) is 10.8. The number of rotatable bonds is 12. The second-order valence-corrected chi connectivity index (χ2v) is 10.6. The van der Waals surface area contributed by atoms with Crippen molar-refractivity contribution in [1.29, 1.82) is 0 Å². The van der Waals surface area contributed by atoms with Crippen LogP contribution in [0.1, 0.15) is 36.0 Å².